The van der Waals surface area contributed by atoms with Gasteiger partial charge in [0, 0.05) is 25.3 Å². The van der Waals surface area contributed by atoms with E-state index in [9.17, 15) is 18.4 Å². The van der Waals surface area contributed by atoms with Crippen molar-refractivity contribution in [2.75, 3.05) is 29.9 Å². The van der Waals surface area contributed by atoms with Gasteiger partial charge in [0.2, 0.25) is 0 Å². The summed E-state index contributed by atoms with van der Waals surface area (Å²) >= 11 is 0. The molecule has 0 aliphatic carbocycles. The van der Waals surface area contributed by atoms with E-state index in [0.29, 0.717) is 6.54 Å². The van der Waals surface area contributed by atoms with Crippen LogP contribution < -0.4 is 15.5 Å². The summed E-state index contributed by atoms with van der Waals surface area (Å²) < 4.78 is 27.8. The van der Waals surface area contributed by atoms with Crippen LogP contribution in [0, 0.1) is 17.6 Å². The topological polar surface area (TPSA) is 90.1 Å². The SMILES string of the molecule is CCCC1CCN(c2ccc(CNCC(=O)c3[nH]ncc3NC(=O)c3c(F)cccc3F)cc2)CC1. The molecule has 0 bridgehead atoms. The Morgan fingerprint density at radius 2 is 1.78 bits per heavy atom. The van der Waals surface area contributed by atoms with Crippen molar-refractivity contribution in [3.05, 3.63) is 77.1 Å². The Balaban J connectivity index is 1.27. The van der Waals surface area contributed by atoms with Gasteiger partial charge in [0.05, 0.1) is 18.4 Å². The fraction of sp³-hybridized carbons (Fsp3) is 0.370. The van der Waals surface area contributed by atoms with E-state index < -0.39 is 23.1 Å². The van der Waals surface area contributed by atoms with Gasteiger partial charge in [0.15, 0.2) is 5.78 Å². The number of benzene rings is 2. The summed E-state index contributed by atoms with van der Waals surface area (Å²) in [6, 6.07) is 11.5. The molecule has 1 fully saturated rings. The lowest BCUT2D eigenvalue weighted by atomic mass is 9.92. The highest BCUT2D eigenvalue weighted by atomic mass is 19.1. The molecule has 9 heteroatoms. The summed E-state index contributed by atoms with van der Waals surface area (Å²) in [6.45, 7) is 4.90. The third-order valence-electron chi connectivity index (χ3n) is 6.58. The number of carbonyl (C=O) groups is 2. The molecule has 0 saturated carbocycles. The molecule has 1 aliphatic heterocycles. The zero-order chi connectivity index (χ0) is 25.5. The molecule has 3 aromatic rings. The first-order chi connectivity index (χ1) is 17.5. The van der Waals surface area contributed by atoms with Crippen molar-refractivity contribution in [3.8, 4) is 0 Å². The van der Waals surface area contributed by atoms with Gasteiger partial charge < -0.3 is 15.5 Å². The summed E-state index contributed by atoms with van der Waals surface area (Å²) in [6.07, 6.45) is 6.27. The van der Waals surface area contributed by atoms with Crippen molar-refractivity contribution in [2.45, 2.75) is 39.2 Å². The van der Waals surface area contributed by atoms with Crippen molar-refractivity contribution in [2.24, 2.45) is 5.92 Å². The molecule has 36 heavy (non-hydrogen) atoms. The first kappa shape index (κ1) is 25.5. The Morgan fingerprint density at radius 3 is 2.44 bits per heavy atom. The predicted molar refractivity (Wildman–Crippen MR) is 135 cm³/mol. The molecule has 2 heterocycles. The van der Waals surface area contributed by atoms with Crippen molar-refractivity contribution in [1.82, 2.24) is 15.5 Å². The number of Topliss-reactive ketones (excluding diaryl/α,β-unsaturated/α-hetero) is 1. The number of nitrogens with zero attached hydrogens (tertiary/aromatic N) is 2. The van der Waals surface area contributed by atoms with Crippen molar-refractivity contribution < 1.29 is 18.4 Å². The van der Waals surface area contributed by atoms with Crippen LogP contribution in [0.4, 0.5) is 20.2 Å². The second-order valence-electron chi connectivity index (χ2n) is 9.12. The molecular formula is C27H31F2N5O2. The van der Waals surface area contributed by atoms with E-state index in [1.807, 2.05) is 0 Å². The van der Waals surface area contributed by atoms with Gasteiger partial charge in [0.1, 0.15) is 22.9 Å². The summed E-state index contributed by atoms with van der Waals surface area (Å²) in [5.74, 6) is -2.47. The number of hydrogen-bond donors (Lipinski definition) is 3. The third-order valence-corrected chi connectivity index (χ3v) is 6.58. The number of carbonyl (C=O) groups excluding carboxylic acids is 2. The molecule has 1 amide bonds. The predicted octanol–water partition coefficient (Wildman–Crippen LogP) is 4.93. The zero-order valence-electron chi connectivity index (χ0n) is 20.3. The standard InChI is InChI=1S/C27H31F2N5O2/c1-2-4-18-11-13-34(14-12-18)20-9-7-19(8-10-20)15-30-17-24(35)26-23(16-31-33-26)32-27(36)25-21(28)5-3-6-22(25)29/h3,5-10,16,18,30H,2,4,11-15,17H2,1H3,(H,31,33)(H,32,36). The highest BCUT2D eigenvalue weighted by Crippen LogP contribution is 2.26. The van der Waals surface area contributed by atoms with Crippen LogP contribution in [0.3, 0.4) is 0 Å². The van der Waals surface area contributed by atoms with E-state index in [1.54, 1.807) is 0 Å². The number of hydrogen-bond acceptors (Lipinski definition) is 5. The molecule has 0 unspecified atom stereocenters. The maximum absolute atomic E-state index is 13.9. The second-order valence-corrected chi connectivity index (χ2v) is 9.12. The molecule has 0 atom stereocenters. The largest absolute Gasteiger partial charge is 0.372 e. The lowest BCUT2D eigenvalue weighted by Crippen LogP contribution is -2.33. The van der Waals surface area contributed by atoms with E-state index in [0.717, 1.165) is 36.7 Å². The highest BCUT2D eigenvalue weighted by molar-refractivity contribution is 6.09. The van der Waals surface area contributed by atoms with E-state index in [1.165, 1.54) is 43.6 Å². The first-order valence-corrected chi connectivity index (χ1v) is 12.3. The molecule has 7 nitrogen and oxygen atoms in total. The maximum Gasteiger partial charge on any atom is 0.261 e. The monoisotopic (exact) mass is 495 g/mol. The van der Waals surface area contributed by atoms with Gasteiger partial charge in [0.25, 0.3) is 5.91 Å². The minimum atomic E-state index is -0.997. The van der Waals surface area contributed by atoms with Crippen molar-refractivity contribution in [1.29, 1.82) is 0 Å². The maximum atomic E-state index is 13.9. The lowest BCUT2D eigenvalue weighted by Gasteiger charge is -2.33. The van der Waals surface area contributed by atoms with Crippen LogP contribution in [0.25, 0.3) is 0 Å². The molecule has 1 saturated heterocycles. The number of H-pyrrole nitrogens is 1. The minimum absolute atomic E-state index is 0.00812. The smallest absolute Gasteiger partial charge is 0.261 e. The first-order valence-electron chi connectivity index (χ1n) is 12.3. The number of anilines is 2. The molecule has 4 rings (SSSR count). The number of nitrogens with one attached hydrogen (secondary N) is 3. The lowest BCUT2D eigenvalue weighted by molar-refractivity contribution is 0.0987. The van der Waals surface area contributed by atoms with Crippen LogP contribution in [0.15, 0.2) is 48.7 Å². The van der Waals surface area contributed by atoms with E-state index in [2.05, 4.69) is 56.9 Å². The molecule has 190 valence electrons. The molecule has 3 N–H and O–H groups in total. The van der Waals surface area contributed by atoms with Gasteiger partial charge in [-0.2, -0.15) is 5.10 Å². The van der Waals surface area contributed by atoms with Crippen LogP contribution in [-0.4, -0.2) is 41.5 Å². The summed E-state index contributed by atoms with van der Waals surface area (Å²) in [5.41, 5.74) is 1.65. The van der Waals surface area contributed by atoms with Crippen LogP contribution in [0.1, 0.15) is 59.0 Å². The number of ketones is 1. The average Bonchev–Trinajstić information content (AvgIpc) is 3.33. The quantitative estimate of drug-likeness (QED) is 0.347. The van der Waals surface area contributed by atoms with Crippen molar-refractivity contribution in [3.63, 3.8) is 0 Å². The van der Waals surface area contributed by atoms with Gasteiger partial charge in [-0.05, 0) is 48.6 Å². The molecule has 2 aromatic carbocycles. The number of halogens is 2. The van der Waals surface area contributed by atoms with E-state index >= 15 is 0 Å². The normalized spacial score (nSPS) is 14.1. The van der Waals surface area contributed by atoms with Crippen LogP contribution in [0.2, 0.25) is 0 Å². The van der Waals surface area contributed by atoms with E-state index in [4.69, 9.17) is 0 Å². The van der Waals surface area contributed by atoms with Gasteiger partial charge in [-0.3, -0.25) is 14.7 Å². The van der Waals surface area contributed by atoms with Gasteiger partial charge in [-0.25, -0.2) is 8.78 Å². The Kier molecular flexibility index (Phi) is 8.43. The second kappa shape index (κ2) is 11.9. The number of rotatable bonds is 10. The van der Waals surface area contributed by atoms with Crippen LogP contribution in [0.5, 0.6) is 0 Å². The Hall–Kier alpha value is -3.59. The fourth-order valence-electron chi connectivity index (χ4n) is 4.61. The zero-order valence-corrected chi connectivity index (χ0v) is 20.3. The Bertz CT molecular complexity index is 1170. The Morgan fingerprint density at radius 1 is 1.08 bits per heavy atom. The van der Waals surface area contributed by atoms with Crippen molar-refractivity contribution >= 4 is 23.1 Å². The fourth-order valence-corrected chi connectivity index (χ4v) is 4.61. The molecule has 1 aromatic heterocycles. The number of piperidine rings is 1. The number of aromatic amines is 1. The average molecular weight is 496 g/mol. The van der Waals surface area contributed by atoms with Gasteiger partial charge in [-0.1, -0.05) is 38.0 Å². The molecule has 0 radical (unpaired) electrons. The van der Waals surface area contributed by atoms with Gasteiger partial charge in [-0.15, -0.1) is 0 Å². The molecule has 0 spiro atoms. The van der Waals surface area contributed by atoms with E-state index in [-0.39, 0.29) is 23.7 Å². The third kappa shape index (κ3) is 6.15. The Labute approximate surface area is 209 Å². The number of amides is 1. The van der Waals surface area contributed by atoms with Crippen LogP contribution in [-0.2, 0) is 6.54 Å². The van der Waals surface area contributed by atoms with Crippen LogP contribution >= 0.6 is 0 Å². The summed E-state index contributed by atoms with van der Waals surface area (Å²) in [4.78, 5) is 27.4. The minimum Gasteiger partial charge on any atom is -0.372 e. The number of aromatic nitrogens is 2. The highest BCUT2D eigenvalue weighted by Gasteiger charge is 2.21. The molecule has 1 aliphatic rings. The summed E-state index contributed by atoms with van der Waals surface area (Å²) in [5, 5.41) is 11.8. The van der Waals surface area contributed by atoms with Gasteiger partial charge >= 0.3 is 0 Å². The molecular weight excluding hydrogens is 464 g/mol. The summed E-state index contributed by atoms with van der Waals surface area (Å²) in [7, 11) is 0.